The molecule has 0 heterocycles. The van der Waals surface area contributed by atoms with Crippen molar-refractivity contribution < 1.29 is 28.9 Å². The van der Waals surface area contributed by atoms with E-state index in [0.29, 0.717) is 6.42 Å². The van der Waals surface area contributed by atoms with Crippen molar-refractivity contribution in [3.05, 3.63) is 0 Å². The van der Waals surface area contributed by atoms with Gasteiger partial charge in [-0.05, 0) is 25.7 Å². The van der Waals surface area contributed by atoms with E-state index in [4.69, 9.17) is 14.2 Å². The van der Waals surface area contributed by atoms with Crippen molar-refractivity contribution in [1.29, 1.82) is 0 Å². The van der Waals surface area contributed by atoms with Gasteiger partial charge in [0.05, 0.1) is 13.2 Å². The van der Waals surface area contributed by atoms with Crippen LogP contribution in [0.4, 0.5) is 0 Å². The molecule has 0 aromatic heterocycles. The van der Waals surface area contributed by atoms with Crippen LogP contribution in [0.1, 0.15) is 213 Å². The maximum atomic E-state index is 12.3. The first-order chi connectivity index (χ1) is 22.5. The van der Waals surface area contributed by atoms with Crippen molar-refractivity contribution in [1.82, 2.24) is 0 Å². The fourth-order valence-electron chi connectivity index (χ4n) is 6.23. The summed E-state index contributed by atoms with van der Waals surface area (Å²) in [5.74, 6) is -0.794. The Morgan fingerprint density at radius 3 is 1.10 bits per heavy atom. The van der Waals surface area contributed by atoms with Crippen LogP contribution in [0, 0.1) is 0 Å². The zero-order valence-corrected chi connectivity index (χ0v) is 31.0. The van der Waals surface area contributed by atoms with Gasteiger partial charge in [0.25, 0.3) is 0 Å². The van der Waals surface area contributed by atoms with Gasteiger partial charge in [-0.25, -0.2) is 4.79 Å². The zero-order valence-electron chi connectivity index (χ0n) is 31.0. The third-order valence-corrected chi connectivity index (χ3v) is 9.12. The molecule has 0 aromatic carbocycles. The molecule has 0 rings (SSSR count). The van der Waals surface area contributed by atoms with Gasteiger partial charge in [0.1, 0.15) is 18.8 Å². The topological polar surface area (TPSA) is 82.1 Å². The van der Waals surface area contributed by atoms with Crippen LogP contribution >= 0.6 is 0 Å². The second kappa shape index (κ2) is 44.0. The van der Waals surface area contributed by atoms with Crippen molar-refractivity contribution in [3.63, 3.8) is 0 Å². The Kier molecular flexibility index (Phi) is 48.8. The molecule has 0 saturated heterocycles. The summed E-state index contributed by atoms with van der Waals surface area (Å²) in [6.07, 6.45) is 37.1. The Morgan fingerprint density at radius 2 is 0.792 bits per heavy atom. The summed E-state index contributed by atoms with van der Waals surface area (Å²) in [7, 11) is 0. The van der Waals surface area contributed by atoms with E-state index in [2.05, 4.69) is 13.8 Å². The van der Waals surface area contributed by atoms with E-state index in [-0.39, 0.29) is 91.0 Å². The van der Waals surface area contributed by atoms with Crippen molar-refractivity contribution >= 4 is 71.1 Å². The SMILES string of the molecule is CCCCCCCCCCCCCCCCC(COCC(=O)OC(CO)CCCCCCCCCCCCCCCC)OC(C)=O.[NaH].[NaH]. The van der Waals surface area contributed by atoms with Gasteiger partial charge in [0.15, 0.2) is 0 Å². The summed E-state index contributed by atoms with van der Waals surface area (Å²) in [5, 5.41) is 9.67. The third-order valence-electron chi connectivity index (χ3n) is 9.12. The number of hydrogen-bond donors (Lipinski definition) is 1. The Labute approximate surface area is 342 Å². The number of esters is 2. The predicted molar refractivity (Wildman–Crippen MR) is 207 cm³/mol. The molecule has 0 amide bonds. The monoisotopic (exact) mass is 703 g/mol. The number of aliphatic hydroxyl groups excluding tert-OH is 1. The molecule has 0 aliphatic carbocycles. The van der Waals surface area contributed by atoms with E-state index in [1.165, 1.54) is 161 Å². The molecule has 2 unspecified atom stereocenters. The number of carbonyl (C=O) groups excluding carboxylic acids is 2. The van der Waals surface area contributed by atoms with Crippen LogP contribution in [0.15, 0.2) is 0 Å². The molecule has 2 atom stereocenters. The van der Waals surface area contributed by atoms with Crippen LogP contribution in [0.2, 0.25) is 0 Å². The number of rotatable bonds is 37. The van der Waals surface area contributed by atoms with Gasteiger partial charge in [-0.2, -0.15) is 0 Å². The van der Waals surface area contributed by atoms with Gasteiger partial charge < -0.3 is 19.3 Å². The number of ether oxygens (including phenoxy) is 3. The summed E-state index contributed by atoms with van der Waals surface area (Å²) >= 11 is 0. The van der Waals surface area contributed by atoms with Gasteiger partial charge in [-0.15, -0.1) is 0 Å². The minimum absolute atomic E-state index is 0. The average molecular weight is 703 g/mol. The number of aliphatic hydroxyl groups is 1. The second-order valence-electron chi connectivity index (χ2n) is 13.8. The van der Waals surface area contributed by atoms with Crippen molar-refractivity contribution in [2.24, 2.45) is 0 Å². The quantitative estimate of drug-likeness (QED) is 0.0394. The molecule has 0 spiro atoms. The average Bonchev–Trinajstić information content (AvgIpc) is 3.04. The summed E-state index contributed by atoms with van der Waals surface area (Å²) in [4.78, 5) is 23.9. The van der Waals surface area contributed by atoms with Crippen LogP contribution in [0.25, 0.3) is 0 Å². The van der Waals surface area contributed by atoms with E-state index >= 15 is 0 Å². The number of unbranched alkanes of at least 4 members (excludes halogenated alkanes) is 26. The Bertz CT molecular complexity index is 651. The van der Waals surface area contributed by atoms with Gasteiger partial charge in [0, 0.05) is 6.92 Å². The maximum absolute atomic E-state index is 12.3. The molecule has 48 heavy (non-hydrogen) atoms. The number of carbonyl (C=O) groups is 2. The summed E-state index contributed by atoms with van der Waals surface area (Å²) in [6, 6.07) is 0. The van der Waals surface area contributed by atoms with Crippen LogP contribution in [-0.2, 0) is 23.8 Å². The first kappa shape index (κ1) is 53.2. The minimum atomic E-state index is -0.478. The fourth-order valence-corrected chi connectivity index (χ4v) is 6.23. The first-order valence-corrected chi connectivity index (χ1v) is 20.1. The van der Waals surface area contributed by atoms with Crippen LogP contribution in [-0.4, -0.2) is 108 Å². The molecule has 278 valence electrons. The molecule has 6 nitrogen and oxygen atoms in total. The van der Waals surface area contributed by atoms with Crippen LogP contribution < -0.4 is 0 Å². The molecule has 0 fully saturated rings. The standard InChI is InChI=1S/C40H78O6.2Na.2H/c1-4-6-8-10-12-14-16-18-20-22-24-26-28-30-32-38(34-41)46-40(43)36-44-35-39(45-37(3)42)33-31-29-27-25-23-21-19-17-15-13-11-9-7-5-2;;;;/h38-39,41H,4-36H2,1-3H3;;;;. The normalized spacial score (nSPS) is 12.2. The molecule has 0 bridgehead atoms. The van der Waals surface area contributed by atoms with E-state index in [1.54, 1.807) is 0 Å². The summed E-state index contributed by atoms with van der Waals surface area (Å²) in [5.41, 5.74) is 0. The molecule has 0 saturated carbocycles. The molecule has 0 aromatic rings. The first-order valence-electron chi connectivity index (χ1n) is 20.1. The fraction of sp³-hybridized carbons (Fsp3) is 0.950. The zero-order chi connectivity index (χ0) is 33.8. The van der Waals surface area contributed by atoms with Crippen molar-refractivity contribution in [3.8, 4) is 0 Å². The van der Waals surface area contributed by atoms with Gasteiger partial charge >= 0.3 is 71.1 Å². The van der Waals surface area contributed by atoms with Gasteiger partial charge in [-0.3, -0.25) is 4.79 Å². The summed E-state index contributed by atoms with van der Waals surface area (Å²) in [6.45, 7) is 5.78. The van der Waals surface area contributed by atoms with Crippen LogP contribution in [0.3, 0.4) is 0 Å². The van der Waals surface area contributed by atoms with E-state index in [1.807, 2.05) is 0 Å². The van der Waals surface area contributed by atoms with Crippen LogP contribution in [0.5, 0.6) is 0 Å². The van der Waals surface area contributed by atoms with E-state index in [9.17, 15) is 14.7 Å². The van der Waals surface area contributed by atoms with Crippen molar-refractivity contribution in [2.45, 2.75) is 226 Å². The molecular formula is C40H80Na2O6. The van der Waals surface area contributed by atoms with E-state index in [0.717, 1.165) is 32.1 Å². The second-order valence-corrected chi connectivity index (χ2v) is 13.8. The number of hydrogen-bond acceptors (Lipinski definition) is 6. The Morgan fingerprint density at radius 1 is 0.479 bits per heavy atom. The molecule has 0 radical (unpaired) electrons. The molecule has 8 heteroatoms. The van der Waals surface area contributed by atoms with Crippen molar-refractivity contribution in [2.75, 3.05) is 19.8 Å². The summed E-state index contributed by atoms with van der Waals surface area (Å²) < 4.78 is 16.4. The third kappa shape index (κ3) is 41.3. The molecule has 1 N–H and O–H groups in total. The Hall–Kier alpha value is 0.860. The van der Waals surface area contributed by atoms with Gasteiger partial charge in [-0.1, -0.05) is 181 Å². The van der Waals surface area contributed by atoms with E-state index < -0.39 is 12.1 Å². The molecule has 0 aliphatic rings. The molecular weight excluding hydrogens is 622 g/mol. The Balaban J connectivity index is -0.0000101. The molecule has 0 aliphatic heterocycles. The predicted octanol–water partition coefficient (Wildman–Crippen LogP) is 10.3. The van der Waals surface area contributed by atoms with Gasteiger partial charge in [0.2, 0.25) is 0 Å².